The van der Waals surface area contributed by atoms with E-state index < -0.39 is 0 Å². The van der Waals surface area contributed by atoms with E-state index in [-0.39, 0.29) is 5.91 Å². The van der Waals surface area contributed by atoms with E-state index in [2.05, 4.69) is 34.9 Å². The van der Waals surface area contributed by atoms with Crippen molar-refractivity contribution in [2.24, 2.45) is 5.92 Å². The summed E-state index contributed by atoms with van der Waals surface area (Å²) in [5, 5.41) is 6.53. The van der Waals surface area contributed by atoms with Gasteiger partial charge in [-0.2, -0.15) is 0 Å². The van der Waals surface area contributed by atoms with Crippen LogP contribution in [0.1, 0.15) is 36.8 Å². The number of amides is 1. The number of benzene rings is 1. The molecule has 20 heavy (non-hydrogen) atoms. The highest BCUT2D eigenvalue weighted by Gasteiger charge is 2.22. The highest BCUT2D eigenvalue weighted by Crippen LogP contribution is 2.27. The van der Waals surface area contributed by atoms with E-state index in [1.807, 2.05) is 0 Å². The van der Waals surface area contributed by atoms with E-state index in [0.29, 0.717) is 18.4 Å². The maximum absolute atomic E-state index is 12.2. The van der Waals surface area contributed by atoms with Crippen molar-refractivity contribution in [1.29, 1.82) is 0 Å². The van der Waals surface area contributed by atoms with Gasteiger partial charge in [-0.25, -0.2) is 0 Å². The SMILES string of the molecule is O=C(CC1CCc2ccccc2C1)N[C@H]1CCCNC1. The predicted molar refractivity (Wildman–Crippen MR) is 80.6 cm³/mol. The number of carbonyl (C=O) groups excluding carboxylic acids is 1. The first-order chi connectivity index (χ1) is 9.81. The molecule has 1 aliphatic carbocycles. The van der Waals surface area contributed by atoms with Gasteiger partial charge in [-0.05, 0) is 55.7 Å². The summed E-state index contributed by atoms with van der Waals surface area (Å²) in [5.41, 5.74) is 2.91. The Bertz CT molecular complexity index is 466. The highest BCUT2D eigenvalue weighted by molar-refractivity contribution is 5.76. The van der Waals surface area contributed by atoms with Gasteiger partial charge in [0.1, 0.15) is 0 Å². The molecular formula is C17H24N2O. The molecule has 2 N–H and O–H groups in total. The lowest BCUT2D eigenvalue weighted by Crippen LogP contribution is -2.46. The zero-order valence-corrected chi connectivity index (χ0v) is 12.0. The van der Waals surface area contributed by atoms with Gasteiger partial charge >= 0.3 is 0 Å². The lowest BCUT2D eigenvalue weighted by molar-refractivity contribution is -0.122. The fourth-order valence-electron chi connectivity index (χ4n) is 3.47. The Labute approximate surface area is 121 Å². The Morgan fingerprint density at radius 2 is 2.10 bits per heavy atom. The van der Waals surface area contributed by atoms with Crippen molar-refractivity contribution in [2.75, 3.05) is 13.1 Å². The van der Waals surface area contributed by atoms with Gasteiger partial charge in [0.05, 0.1) is 0 Å². The topological polar surface area (TPSA) is 41.1 Å². The summed E-state index contributed by atoms with van der Waals surface area (Å²) in [6.45, 7) is 2.02. The summed E-state index contributed by atoms with van der Waals surface area (Å²) in [4.78, 5) is 12.2. The van der Waals surface area contributed by atoms with Crippen molar-refractivity contribution in [2.45, 2.75) is 44.6 Å². The molecule has 3 heteroatoms. The van der Waals surface area contributed by atoms with Gasteiger partial charge < -0.3 is 10.6 Å². The lowest BCUT2D eigenvalue weighted by atomic mass is 9.82. The number of hydrogen-bond donors (Lipinski definition) is 2. The van der Waals surface area contributed by atoms with Gasteiger partial charge in [0.2, 0.25) is 5.91 Å². The summed E-state index contributed by atoms with van der Waals surface area (Å²) in [6, 6.07) is 8.99. The van der Waals surface area contributed by atoms with Crippen LogP contribution in [0.5, 0.6) is 0 Å². The lowest BCUT2D eigenvalue weighted by Gasteiger charge is -2.27. The molecule has 0 saturated carbocycles. The Hall–Kier alpha value is -1.35. The summed E-state index contributed by atoms with van der Waals surface area (Å²) in [7, 11) is 0. The zero-order valence-electron chi connectivity index (χ0n) is 12.0. The summed E-state index contributed by atoms with van der Waals surface area (Å²) in [5.74, 6) is 0.754. The predicted octanol–water partition coefficient (Wildman–Crippen LogP) is 2.05. The summed E-state index contributed by atoms with van der Waals surface area (Å²) < 4.78 is 0. The summed E-state index contributed by atoms with van der Waals surface area (Å²) in [6.07, 6.45) is 6.30. The average molecular weight is 272 g/mol. The molecule has 1 amide bonds. The molecule has 2 atom stereocenters. The summed E-state index contributed by atoms with van der Waals surface area (Å²) >= 11 is 0. The molecule has 2 aliphatic rings. The number of piperidine rings is 1. The quantitative estimate of drug-likeness (QED) is 0.884. The van der Waals surface area contributed by atoms with Gasteiger partial charge in [0.25, 0.3) is 0 Å². The van der Waals surface area contributed by atoms with E-state index in [9.17, 15) is 4.79 Å². The molecule has 1 unspecified atom stereocenters. The van der Waals surface area contributed by atoms with E-state index in [1.54, 1.807) is 0 Å². The van der Waals surface area contributed by atoms with Crippen LogP contribution in [0.4, 0.5) is 0 Å². The molecule has 108 valence electrons. The molecule has 0 bridgehead atoms. The van der Waals surface area contributed by atoms with Crippen molar-refractivity contribution in [3.63, 3.8) is 0 Å². The molecule has 0 spiro atoms. The van der Waals surface area contributed by atoms with E-state index >= 15 is 0 Å². The first-order valence-corrected chi connectivity index (χ1v) is 7.88. The highest BCUT2D eigenvalue weighted by atomic mass is 16.1. The molecule has 0 radical (unpaired) electrons. The van der Waals surface area contributed by atoms with Crippen LogP contribution in [0, 0.1) is 5.92 Å². The number of hydrogen-bond acceptors (Lipinski definition) is 2. The van der Waals surface area contributed by atoms with Crippen LogP contribution >= 0.6 is 0 Å². The van der Waals surface area contributed by atoms with Crippen LogP contribution in [0.2, 0.25) is 0 Å². The van der Waals surface area contributed by atoms with Crippen LogP contribution in [0.15, 0.2) is 24.3 Å². The number of nitrogens with one attached hydrogen (secondary N) is 2. The standard InChI is InChI=1S/C17H24N2O/c20-17(19-16-6-3-9-18-12-16)11-13-7-8-14-4-1-2-5-15(14)10-13/h1-2,4-5,13,16,18H,3,6-12H2,(H,19,20)/t13?,16-/m0/s1. The van der Waals surface area contributed by atoms with Crippen molar-refractivity contribution in [1.82, 2.24) is 10.6 Å². The third-order valence-electron chi connectivity index (χ3n) is 4.58. The molecule has 1 aromatic rings. The number of fused-ring (bicyclic) bond motifs is 1. The van der Waals surface area contributed by atoms with Gasteiger partial charge in [-0.1, -0.05) is 24.3 Å². The van der Waals surface area contributed by atoms with E-state index in [4.69, 9.17) is 0 Å². The van der Waals surface area contributed by atoms with Crippen LogP contribution in [-0.2, 0) is 17.6 Å². The number of rotatable bonds is 3. The van der Waals surface area contributed by atoms with Crippen molar-refractivity contribution in [3.8, 4) is 0 Å². The third-order valence-corrected chi connectivity index (χ3v) is 4.58. The van der Waals surface area contributed by atoms with Gasteiger partial charge in [-0.15, -0.1) is 0 Å². The maximum Gasteiger partial charge on any atom is 0.220 e. The van der Waals surface area contributed by atoms with Crippen LogP contribution < -0.4 is 10.6 Å². The van der Waals surface area contributed by atoms with Crippen molar-refractivity contribution >= 4 is 5.91 Å². The molecule has 1 aromatic carbocycles. The molecular weight excluding hydrogens is 248 g/mol. The second kappa shape index (κ2) is 6.40. The fraction of sp³-hybridized carbons (Fsp3) is 0.588. The van der Waals surface area contributed by atoms with Gasteiger partial charge in [0, 0.05) is 19.0 Å². The Morgan fingerprint density at radius 1 is 1.25 bits per heavy atom. The smallest absolute Gasteiger partial charge is 0.220 e. The third kappa shape index (κ3) is 3.40. The fourth-order valence-corrected chi connectivity index (χ4v) is 3.47. The molecule has 1 heterocycles. The van der Waals surface area contributed by atoms with E-state index in [1.165, 1.54) is 17.5 Å². The Balaban J connectivity index is 1.50. The van der Waals surface area contributed by atoms with Crippen molar-refractivity contribution in [3.05, 3.63) is 35.4 Å². The normalized spacial score (nSPS) is 25.8. The number of carbonyl (C=O) groups is 1. The van der Waals surface area contributed by atoms with Crippen LogP contribution in [0.3, 0.4) is 0 Å². The van der Waals surface area contributed by atoms with Gasteiger partial charge in [-0.3, -0.25) is 4.79 Å². The first-order valence-electron chi connectivity index (χ1n) is 7.88. The van der Waals surface area contributed by atoms with Gasteiger partial charge in [0.15, 0.2) is 0 Å². The largest absolute Gasteiger partial charge is 0.352 e. The molecule has 1 aliphatic heterocycles. The van der Waals surface area contributed by atoms with E-state index in [0.717, 1.165) is 38.8 Å². The second-order valence-electron chi connectivity index (χ2n) is 6.19. The van der Waals surface area contributed by atoms with Crippen LogP contribution in [-0.4, -0.2) is 25.0 Å². The zero-order chi connectivity index (χ0) is 13.8. The maximum atomic E-state index is 12.2. The minimum atomic E-state index is 0.239. The minimum absolute atomic E-state index is 0.239. The molecule has 1 saturated heterocycles. The second-order valence-corrected chi connectivity index (χ2v) is 6.19. The molecule has 3 rings (SSSR count). The minimum Gasteiger partial charge on any atom is -0.352 e. The first kappa shape index (κ1) is 13.6. The van der Waals surface area contributed by atoms with Crippen molar-refractivity contribution < 1.29 is 4.79 Å². The Morgan fingerprint density at radius 3 is 2.90 bits per heavy atom. The Kier molecular flexibility index (Phi) is 4.36. The average Bonchev–Trinajstić information content (AvgIpc) is 2.48. The monoisotopic (exact) mass is 272 g/mol. The molecule has 1 fully saturated rings. The molecule has 0 aromatic heterocycles. The number of aryl methyl sites for hydroxylation is 1. The van der Waals surface area contributed by atoms with Crippen LogP contribution in [0.25, 0.3) is 0 Å². The molecule has 3 nitrogen and oxygen atoms in total.